The Bertz CT molecular complexity index is 171. The lowest BCUT2D eigenvalue weighted by Crippen LogP contribution is -2.42. The number of aliphatic carboxylic acids is 1. The maximum absolute atomic E-state index is 10.6. The fraction of sp³-hybridized carbons (Fsp3) is 0.667. The highest BCUT2D eigenvalue weighted by Crippen LogP contribution is 2.23. The topological polar surface area (TPSA) is 80.4 Å². The summed E-state index contributed by atoms with van der Waals surface area (Å²) in [5, 5.41) is 8.53. The molecule has 0 radical (unpaired) electrons. The van der Waals surface area contributed by atoms with Crippen LogP contribution < -0.4 is 5.73 Å². The Kier molecular flexibility index (Phi) is 2.92. The molecule has 0 bridgehead atoms. The first-order valence-electron chi connectivity index (χ1n) is 3.01. The van der Waals surface area contributed by atoms with Gasteiger partial charge in [0.2, 0.25) is 5.91 Å². The van der Waals surface area contributed by atoms with Crippen LogP contribution in [0.1, 0.15) is 13.8 Å². The molecule has 0 rings (SSSR count). The molecule has 3 N–H and O–H groups in total. The van der Waals surface area contributed by atoms with Crippen LogP contribution in [0.2, 0.25) is 0 Å². The zero-order valence-electron chi connectivity index (χ0n) is 6.37. The van der Waals surface area contributed by atoms with Gasteiger partial charge in [0.25, 0.3) is 0 Å². The van der Waals surface area contributed by atoms with E-state index in [2.05, 4.69) is 12.6 Å². The number of carbonyl (C=O) groups excluding carboxylic acids is 1. The lowest BCUT2D eigenvalue weighted by molar-refractivity contribution is -0.146. The summed E-state index contributed by atoms with van der Waals surface area (Å²) in [4.78, 5) is 21.0. The van der Waals surface area contributed by atoms with Crippen LogP contribution in [-0.4, -0.2) is 21.7 Å². The van der Waals surface area contributed by atoms with Gasteiger partial charge < -0.3 is 10.8 Å². The molecular formula is C6H11NO3S. The third-order valence-electron chi connectivity index (χ3n) is 1.24. The fourth-order valence-corrected chi connectivity index (χ4v) is 1.01. The number of primary amides is 1. The van der Waals surface area contributed by atoms with Crippen LogP contribution >= 0.6 is 12.6 Å². The Hall–Kier alpha value is -0.710. The highest BCUT2D eigenvalue weighted by molar-refractivity contribution is 7.81. The van der Waals surface area contributed by atoms with Crippen molar-refractivity contribution in [3.63, 3.8) is 0 Å². The third-order valence-corrected chi connectivity index (χ3v) is 1.50. The van der Waals surface area contributed by atoms with Crippen molar-refractivity contribution in [2.45, 2.75) is 18.6 Å². The Morgan fingerprint density at radius 2 is 1.91 bits per heavy atom. The van der Waals surface area contributed by atoms with Crippen molar-refractivity contribution in [3.05, 3.63) is 0 Å². The Labute approximate surface area is 70.2 Å². The largest absolute Gasteiger partial charge is 0.481 e. The van der Waals surface area contributed by atoms with Gasteiger partial charge in [-0.1, -0.05) is 0 Å². The quantitative estimate of drug-likeness (QED) is 0.415. The van der Waals surface area contributed by atoms with Gasteiger partial charge in [0, 0.05) is 4.75 Å². The number of carboxylic acid groups (broad SMARTS) is 1. The predicted octanol–water partition coefficient (Wildman–Crippen LogP) is -0.119. The van der Waals surface area contributed by atoms with E-state index in [4.69, 9.17) is 10.8 Å². The van der Waals surface area contributed by atoms with E-state index in [0.29, 0.717) is 0 Å². The fourth-order valence-electron chi connectivity index (χ4n) is 0.772. The summed E-state index contributed by atoms with van der Waals surface area (Å²) in [6.07, 6.45) is 0. The maximum Gasteiger partial charge on any atom is 0.317 e. The molecule has 0 fully saturated rings. The molecule has 0 saturated carbocycles. The molecule has 0 aromatic carbocycles. The van der Waals surface area contributed by atoms with Gasteiger partial charge in [0.15, 0.2) is 0 Å². The molecule has 0 saturated heterocycles. The van der Waals surface area contributed by atoms with Crippen molar-refractivity contribution in [3.8, 4) is 0 Å². The van der Waals surface area contributed by atoms with Crippen LogP contribution in [-0.2, 0) is 9.59 Å². The number of rotatable bonds is 3. The normalized spacial score (nSPS) is 14.1. The minimum absolute atomic E-state index is 0.863. The second-order valence-corrected chi connectivity index (χ2v) is 3.98. The highest BCUT2D eigenvalue weighted by Gasteiger charge is 2.36. The van der Waals surface area contributed by atoms with Crippen molar-refractivity contribution < 1.29 is 14.7 Å². The summed E-state index contributed by atoms with van der Waals surface area (Å²) >= 11 is 3.95. The molecule has 64 valence electrons. The first-order chi connectivity index (χ1) is 4.76. The van der Waals surface area contributed by atoms with Crippen molar-refractivity contribution >= 4 is 24.5 Å². The summed E-state index contributed by atoms with van der Waals surface area (Å²) in [6.45, 7) is 3.05. The van der Waals surface area contributed by atoms with Gasteiger partial charge in [0.1, 0.15) is 5.92 Å². The van der Waals surface area contributed by atoms with E-state index in [1.165, 1.54) is 13.8 Å². The number of nitrogens with two attached hydrogens (primary N) is 1. The molecule has 0 aliphatic heterocycles. The zero-order chi connectivity index (χ0) is 9.23. The standard InChI is InChI=1S/C6H11NO3S/c1-6(2,11)3(4(7)8)5(9)10/h3,11H,1-2H3,(H2,7,8)(H,9,10). The highest BCUT2D eigenvalue weighted by atomic mass is 32.1. The minimum atomic E-state index is -1.24. The van der Waals surface area contributed by atoms with Crippen LogP contribution in [0.3, 0.4) is 0 Å². The molecule has 0 heterocycles. The van der Waals surface area contributed by atoms with E-state index in [1.54, 1.807) is 0 Å². The molecule has 1 amide bonds. The van der Waals surface area contributed by atoms with Gasteiger partial charge in [-0.25, -0.2) is 0 Å². The van der Waals surface area contributed by atoms with Crippen LogP contribution in [0.25, 0.3) is 0 Å². The molecule has 1 unspecified atom stereocenters. The predicted molar refractivity (Wildman–Crippen MR) is 43.4 cm³/mol. The second-order valence-electron chi connectivity index (χ2n) is 2.83. The molecule has 0 spiro atoms. The van der Waals surface area contributed by atoms with E-state index in [9.17, 15) is 9.59 Å². The van der Waals surface area contributed by atoms with E-state index in [0.717, 1.165) is 0 Å². The van der Waals surface area contributed by atoms with E-state index in [1.807, 2.05) is 0 Å². The molecule has 0 aliphatic carbocycles. The van der Waals surface area contributed by atoms with Crippen molar-refractivity contribution in [1.82, 2.24) is 0 Å². The van der Waals surface area contributed by atoms with Gasteiger partial charge in [-0.15, -0.1) is 0 Å². The third kappa shape index (κ3) is 2.80. The number of thiol groups is 1. The smallest absolute Gasteiger partial charge is 0.317 e. The SMILES string of the molecule is CC(C)(S)C(C(N)=O)C(=O)O. The molecule has 5 heteroatoms. The lowest BCUT2D eigenvalue weighted by atomic mass is 9.94. The zero-order valence-corrected chi connectivity index (χ0v) is 7.26. The molecule has 0 aromatic heterocycles. The van der Waals surface area contributed by atoms with Gasteiger partial charge >= 0.3 is 5.97 Å². The summed E-state index contributed by atoms with van der Waals surface area (Å²) in [6, 6.07) is 0. The van der Waals surface area contributed by atoms with E-state index < -0.39 is 22.5 Å². The number of carboxylic acids is 1. The molecule has 0 aromatic rings. The van der Waals surface area contributed by atoms with Crippen LogP contribution in [0.5, 0.6) is 0 Å². The summed E-state index contributed by atoms with van der Waals surface area (Å²) in [5.41, 5.74) is 4.86. The number of amides is 1. The first-order valence-corrected chi connectivity index (χ1v) is 3.46. The second kappa shape index (κ2) is 3.13. The van der Waals surface area contributed by atoms with Gasteiger partial charge in [0.05, 0.1) is 0 Å². The average molecular weight is 177 g/mol. The minimum Gasteiger partial charge on any atom is -0.481 e. The molecular weight excluding hydrogens is 166 g/mol. The van der Waals surface area contributed by atoms with E-state index >= 15 is 0 Å². The van der Waals surface area contributed by atoms with Gasteiger partial charge in [-0.3, -0.25) is 9.59 Å². The van der Waals surface area contributed by atoms with Crippen LogP contribution in [0.4, 0.5) is 0 Å². The lowest BCUT2D eigenvalue weighted by Gasteiger charge is -2.22. The molecule has 4 nitrogen and oxygen atoms in total. The van der Waals surface area contributed by atoms with Gasteiger partial charge in [-0.2, -0.15) is 12.6 Å². The summed E-state index contributed by atoms with van der Waals surface area (Å²) in [5.74, 6) is -3.35. The number of hydrogen-bond acceptors (Lipinski definition) is 3. The Balaban J connectivity index is 4.63. The van der Waals surface area contributed by atoms with Gasteiger partial charge in [-0.05, 0) is 13.8 Å². The first kappa shape index (κ1) is 10.3. The van der Waals surface area contributed by atoms with Crippen molar-refractivity contribution in [2.75, 3.05) is 0 Å². The molecule has 0 aliphatic rings. The van der Waals surface area contributed by atoms with Crippen molar-refractivity contribution in [1.29, 1.82) is 0 Å². The van der Waals surface area contributed by atoms with E-state index in [-0.39, 0.29) is 0 Å². The molecule has 1 atom stereocenters. The van der Waals surface area contributed by atoms with Crippen molar-refractivity contribution in [2.24, 2.45) is 11.7 Å². The maximum atomic E-state index is 10.6. The molecule has 11 heavy (non-hydrogen) atoms. The Morgan fingerprint density at radius 3 is 1.91 bits per heavy atom. The number of hydrogen-bond donors (Lipinski definition) is 3. The Morgan fingerprint density at radius 1 is 1.55 bits per heavy atom. The monoisotopic (exact) mass is 177 g/mol. The summed E-state index contributed by atoms with van der Waals surface area (Å²) < 4.78 is -0.919. The number of carbonyl (C=O) groups is 2. The average Bonchev–Trinajstić information content (AvgIpc) is 1.54. The van der Waals surface area contributed by atoms with Crippen LogP contribution in [0, 0.1) is 5.92 Å². The summed E-state index contributed by atoms with van der Waals surface area (Å²) in [7, 11) is 0. The van der Waals surface area contributed by atoms with Crippen LogP contribution in [0.15, 0.2) is 0 Å².